The first kappa shape index (κ1) is 25.5. The van der Waals surface area contributed by atoms with Crippen LogP contribution < -0.4 is 0 Å². The number of esters is 1. The van der Waals surface area contributed by atoms with Crippen LogP contribution in [0.25, 0.3) is 10.9 Å². The van der Waals surface area contributed by atoms with Gasteiger partial charge in [-0.15, -0.1) is 0 Å². The van der Waals surface area contributed by atoms with Gasteiger partial charge in [-0.1, -0.05) is 103 Å². The van der Waals surface area contributed by atoms with Crippen molar-refractivity contribution in [2.45, 2.75) is 117 Å². The first-order valence-corrected chi connectivity index (χ1v) is 13.0. The van der Waals surface area contributed by atoms with Crippen LogP contribution in [0, 0.1) is 0 Å². The van der Waals surface area contributed by atoms with Crippen molar-refractivity contribution in [2.24, 2.45) is 0 Å². The lowest BCUT2D eigenvalue weighted by molar-refractivity contribution is 0.0500. The maximum absolute atomic E-state index is 12.1. The quantitative estimate of drug-likeness (QED) is 0.191. The summed E-state index contributed by atoms with van der Waals surface area (Å²) in [4.78, 5) is 15.6. The number of rotatable bonds is 18. The van der Waals surface area contributed by atoms with E-state index in [1.807, 2.05) is 18.2 Å². The first-order chi connectivity index (χ1) is 15.2. The van der Waals surface area contributed by atoms with Crippen molar-refractivity contribution in [1.29, 1.82) is 0 Å². The van der Waals surface area contributed by atoms with Crippen molar-refractivity contribution in [3.63, 3.8) is 0 Å². The number of hydrogen-bond acceptors (Lipinski definition) is 2. The lowest BCUT2D eigenvalue weighted by Gasteiger charge is -2.03. The molecule has 0 bridgehead atoms. The molecule has 31 heavy (non-hydrogen) atoms. The number of unbranched alkanes of at least 4 members (excludes halogenated alkanes) is 13. The minimum atomic E-state index is -0.219. The molecule has 0 saturated heterocycles. The Morgan fingerprint density at radius 1 is 0.742 bits per heavy atom. The molecule has 174 valence electrons. The summed E-state index contributed by atoms with van der Waals surface area (Å²) in [6.45, 7) is 4.88. The van der Waals surface area contributed by atoms with Crippen LogP contribution >= 0.6 is 0 Å². The molecule has 1 aromatic heterocycles. The zero-order valence-electron chi connectivity index (χ0n) is 20.1. The summed E-state index contributed by atoms with van der Waals surface area (Å²) in [6.07, 6.45) is 21.0. The van der Waals surface area contributed by atoms with Gasteiger partial charge in [0, 0.05) is 11.2 Å². The van der Waals surface area contributed by atoms with Crippen molar-refractivity contribution >= 4 is 16.9 Å². The fraction of sp³-hybridized carbons (Fsp3) is 0.679. The smallest absolute Gasteiger partial charge is 0.338 e. The third-order valence-electron chi connectivity index (χ3n) is 6.19. The van der Waals surface area contributed by atoms with Gasteiger partial charge in [0.25, 0.3) is 0 Å². The van der Waals surface area contributed by atoms with Crippen LogP contribution in [-0.4, -0.2) is 17.6 Å². The largest absolute Gasteiger partial charge is 0.462 e. The Bertz CT molecular complexity index is 734. The van der Waals surface area contributed by atoms with Crippen molar-refractivity contribution < 1.29 is 9.53 Å². The van der Waals surface area contributed by atoms with Gasteiger partial charge in [0.05, 0.1) is 12.2 Å². The molecule has 0 aliphatic heterocycles. The van der Waals surface area contributed by atoms with E-state index in [4.69, 9.17) is 4.74 Å². The Labute approximate surface area is 190 Å². The molecule has 0 aliphatic carbocycles. The van der Waals surface area contributed by atoms with E-state index in [0.717, 1.165) is 24.8 Å². The van der Waals surface area contributed by atoms with Gasteiger partial charge in [-0.3, -0.25) is 0 Å². The van der Waals surface area contributed by atoms with E-state index in [2.05, 4.69) is 24.9 Å². The van der Waals surface area contributed by atoms with Crippen LogP contribution in [0.4, 0.5) is 0 Å². The van der Waals surface area contributed by atoms with E-state index < -0.39 is 0 Å². The third-order valence-corrected chi connectivity index (χ3v) is 6.19. The maximum Gasteiger partial charge on any atom is 0.338 e. The molecule has 0 spiro atoms. The normalized spacial score (nSPS) is 11.3. The Morgan fingerprint density at radius 2 is 1.32 bits per heavy atom. The molecule has 3 heteroatoms. The highest BCUT2D eigenvalue weighted by Gasteiger charge is 2.09. The minimum absolute atomic E-state index is 0.219. The van der Waals surface area contributed by atoms with E-state index in [0.29, 0.717) is 12.2 Å². The van der Waals surface area contributed by atoms with Gasteiger partial charge in [0.2, 0.25) is 0 Å². The summed E-state index contributed by atoms with van der Waals surface area (Å²) in [7, 11) is 0. The SMILES string of the molecule is CCCCCCCCCCCCCCCc1cc2ccc(C(=O)OCCCC)cc2[nH]1. The van der Waals surface area contributed by atoms with Crippen molar-refractivity contribution in [3.8, 4) is 0 Å². The predicted molar refractivity (Wildman–Crippen MR) is 133 cm³/mol. The molecule has 2 aromatic rings. The van der Waals surface area contributed by atoms with Crippen LogP contribution in [-0.2, 0) is 11.2 Å². The van der Waals surface area contributed by atoms with E-state index in [1.165, 1.54) is 94.6 Å². The third kappa shape index (κ3) is 10.4. The van der Waals surface area contributed by atoms with Crippen LogP contribution in [0.2, 0.25) is 0 Å². The summed E-state index contributed by atoms with van der Waals surface area (Å²) in [5, 5.41) is 1.18. The topological polar surface area (TPSA) is 42.1 Å². The van der Waals surface area contributed by atoms with Crippen LogP contribution in [0.1, 0.15) is 126 Å². The number of aromatic amines is 1. The molecular weight excluding hydrogens is 382 g/mol. The minimum Gasteiger partial charge on any atom is -0.462 e. The molecule has 1 heterocycles. The summed E-state index contributed by atoms with van der Waals surface area (Å²) >= 11 is 0. The second-order valence-electron chi connectivity index (χ2n) is 9.08. The number of nitrogens with one attached hydrogen (secondary N) is 1. The number of ether oxygens (including phenoxy) is 1. The zero-order valence-corrected chi connectivity index (χ0v) is 20.1. The Kier molecular flexibility index (Phi) is 13.1. The summed E-state index contributed by atoms with van der Waals surface area (Å²) < 4.78 is 5.32. The monoisotopic (exact) mass is 427 g/mol. The lowest BCUT2D eigenvalue weighted by atomic mass is 10.0. The van der Waals surface area contributed by atoms with Crippen molar-refractivity contribution in [2.75, 3.05) is 6.61 Å². The number of benzene rings is 1. The Balaban J connectivity index is 1.56. The van der Waals surface area contributed by atoms with Gasteiger partial charge in [0.15, 0.2) is 0 Å². The Morgan fingerprint density at radius 3 is 1.94 bits per heavy atom. The molecule has 1 N–H and O–H groups in total. The highest BCUT2D eigenvalue weighted by Crippen LogP contribution is 2.20. The van der Waals surface area contributed by atoms with Crippen LogP contribution in [0.15, 0.2) is 24.3 Å². The predicted octanol–water partition coefficient (Wildman–Crippen LogP) is 8.76. The number of hydrogen-bond donors (Lipinski definition) is 1. The molecule has 0 fully saturated rings. The van der Waals surface area contributed by atoms with Gasteiger partial charge in [-0.25, -0.2) is 4.79 Å². The van der Waals surface area contributed by atoms with E-state index in [9.17, 15) is 4.79 Å². The first-order valence-electron chi connectivity index (χ1n) is 13.0. The van der Waals surface area contributed by atoms with Crippen LogP contribution in [0.3, 0.4) is 0 Å². The number of aromatic nitrogens is 1. The number of aryl methyl sites for hydroxylation is 1. The summed E-state index contributed by atoms with van der Waals surface area (Å²) in [6, 6.07) is 8.05. The van der Waals surface area contributed by atoms with Gasteiger partial charge >= 0.3 is 5.97 Å². The lowest BCUT2D eigenvalue weighted by Crippen LogP contribution is -2.06. The van der Waals surface area contributed by atoms with Gasteiger partial charge < -0.3 is 9.72 Å². The highest BCUT2D eigenvalue weighted by atomic mass is 16.5. The maximum atomic E-state index is 12.1. The van der Waals surface area contributed by atoms with Crippen LogP contribution in [0.5, 0.6) is 0 Å². The molecule has 0 atom stereocenters. The van der Waals surface area contributed by atoms with E-state index >= 15 is 0 Å². The van der Waals surface area contributed by atoms with E-state index in [1.54, 1.807) is 0 Å². The summed E-state index contributed by atoms with van der Waals surface area (Å²) in [5.41, 5.74) is 2.95. The second-order valence-corrected chi connectivity index (χ2v) is 9.08. The standard InChI is InChI=1S/C28H45NO2/c1-3-5-7-8-9-10-11-12-13-14-15-16-17-18-26-22-24-19-20-25(23-27(24)29-26)28(30)31-21-6-4-2/h19-20,22-23,29H,3-18,21H2,1-2H3. The molecule has 2 rings (SSSR count). The molecule has 0 amide bonds. The van der Waals surface area contributed by atoms with Gasteiger partial charge in [-0.05, 0) is 42.8 Å². The molecule has 0 unspecified atom stereocenters. The van der Waals surface area contributed by atoms with Crippen molar-refractivity contribution in [3.05, 3.63) is 35.5 Å². The molecular formula is C28H45NO2. The highest BCUT2D eigenvalue weighted by molar-refractivity contribution is 5.94. The molecule has 0 aliphatic rings. The van der Waals surface area contributed by atoms with Gasteiger partial charge in [-0.2, -0.15) is 0 Å². The fourth-order valence-electron chi connectivity index (χ4n) is 4.17. The zero-order chi connectivity index (χ0) is 22.2. The average molecular weight is 428 g/mol. The number of fused-ring (bicyclic) bond motifs is 1. The number of H-pyrrole nitrogens is 1. The average Bonchev–Trinajstić information content (AvgIpc) is 3.19. The molecule has 0 radical (unpaired) electrons. The molecule has 1 aromatic carbocycles. The fourth-order valence-corrected chi connectivity index (χ4v) is 4.17. The van der Waals surface area contributed by atoms with Crippen molar-refractivity contribution in [1.82, 2.24) is 4.98 Å². The van der Waals surface area contributed by atoms with E-state index in [-0.39, 0.29) is 5.97 Å². The number of carbonyl (C=O) groups is 1. The summed E-state index contributed by atoms with van der Waals surface area (Å²) in [5.74, 6) is -0.219. The number of carbonyl (C=O) groups excluding carboxylic acids is 1. The second kappa shape index (κ2) is 15.9. The molecule has 0 saturated carbocycles. The molecule has 3 nitrogen and oxygen atoms in total. The Hall–Kier alpha value is -1.77. The van der Waals surface area contributed by atoms with Gasteiger partial charge in [0.1, 0.15) is 0 Å².